The van der Waals surface area contributed by atoms with Gasteiger partial charge in [0, 0.05) is 13.1 Å². The second-order valence-electron chi connectivity index (χ2n) is 5.52. The zero-order valence-electron chi connectivity index (χ0n) is 9.04. The molecule has 2 saturated heterocycles. The van der Waals surface area contributed by atoms with E-state index in [1.54, 1.807) is 0 Å². The minimum absolute atomic E-state index is 0.976. The van der Waals surface area contributed by atoms with Gasteiger partial charge in [-0.05, 0) is 56.7 Å². The van der Waals surface area contributed by atoms with Gasteiger partial charge in [0.2, 0.25) is 0 Å². The van der Waals surface area contributed by atoms with E-state index in [1.807, 2.05) is 0 Å². The molecule has 2 aliphatic heterocycles. The number of likely N-dealkylation sites (tertiary alicyclic amines) is 1. The Hall–Kier alpha value is -0.0800. The summed E-state index contributed by atoms with van der Waals surface area (Å²) >= 11 is 0. The molecule has 2 heterocycles. The van der Waals surface area contributed by atoms with Crippen molar-refractivity contribution in [2.45, 2.75) is 25.7 Å². The van der Waals surface area contributed by atoms with Crippen LogP contribution < -0.4 is 5.32 Å². The Kier molecular flexibility index (Phi) is 2.50. The predicted molar refractivity (Wildman–Crippen MR) is 58.2 cm³/mol. The van der Waals surface area contributed by atoms with Crippen LogP contribution in [0.4, 0.5) is 0 Å². The second-order valence-corrected chi connectivity index (χ2v) is 5.52. The predicted octanol–water partition coefficient (Wildman–Crippen LogP) is 1.33. The number of fused-ring (bicyclic) bond motifs is 1. The van der Waals surface area contributed by atoms with E-state index in [0.29, 0.717) is 0 Å². The number of piperidine rings is 1. The van der Waals surface area contributed by atoms with Gasteiger partial charge >= 0.3 is 0 Å². The molecule has 80 valence electrons. The van der Waals surface area contributed by atoms with Crippen LogP contribution in [0.1, 0.15) is 25.7 Å². The third kappa shape index (κ3) is 1.70. The molecule has 0 aromatic carbocycles. The van der Waals surface area contributed by atoms with Crippen LogP contribution >= 0.6 is 0 Å². The lowest BCUT2D eigenvalue weighted by Crippen LogP contribution is -2.43. The second kappa shape index (κ2) is 3.82. The van der Waals surface area contributed by atoms with Gasteiger partial charge < -0.3 is 10.2 Å². The maximum atomic E-state index is 3.54. The van der Waals surface area contributed by atoms with Gasteiger partial charge in [0.25, 0.3) is 0 Å². The van der Waals surface area contributed by atoms with Crippen LogP contribution in [-0.2, 0) is 0 Å². The van der Waals surface area contributed by atoms with E-state index in [0.717, 1.165) is 17.8 Å². The summed E-state index contributed by atoms with van der Waals surface area (Å²) in [5.41, 5.74) is 0. The Morgan fingerprint density at radius 1 is 1.07 bits per heavy atom. The summed E-state index contributed by atoms with van der Waals surface area (Å²) in [5, 5.41) is 3.54. The average Bonchev–Trinajstić information content (AvgIpc) is 2.58. The standard InChI is InChI=1S/C12H22N2/c1-2-10(3-1)8-14-5-4-11-6-13-7-12(11)9-14/h10-13H,1-9H2. The number of nitrogens with zero attached hydrogens (tertiary/aromatic N) is 1. The highest BCUT2D eigenvalue weighted by Gasteiger charge is 2.33. The van der Waals surface area contributed by atoms with Crippen LogP contribution in [0.2, 0.25) is 0 Å². The highest BCUT2D eigenvalue weighted by Crippen LogP contribution is 2.31. The minimum atomic E-state index is 0.976. The molecule has 0 aromatic rings. The first-order valence-electron chi connectivity index (χ1n) is 6.35. The lowest BCUT2D eigenvalue weighted by molar-refractivity contribution is 0.108. The van der Waals surface area contributed by atoms with Crippen molar-refractivity contribution in [2.24, 2.45) is 17.8 Å². The van der Waals surface area contributed by atoms with Crippen molar-refractivity contribution >= 4 is 0 Å². The van der Waals surface area contributed by atoms with E-state index in [-0.39, 0.29) is 0 Å². The van der Waals surface area contributed by atoms with Gasteiger partial charge in [-0.2, -0.15) is 0 Å². The lowest BCUT2D eigenvalue weighted by atomic mass is 9.83. The molecule has 0 radical (unpaired) electrons. The van der Waals surface area contributed by atoms with Crippen LogP contribution in [0.25, 0.3) is 0 Å². The molecule has 2 unspecified atom stereocenters. The maximum absolute atomic E-state index is 3.54. The quantitative estimate of drug-likeness (QED) is 0.713. The Morgan fingerprint density at radius 3 is 2.71 bits per heavy atom. The zero-order valence-corrected chi connectivity index (χ0v) is 9.04. The molecule has 0 aromatic heterocycles. The first kappa shape index (κ1) is 9.17. The first-order valence-corrected chi connectivity index (χ1v) is 6.35. The summed E-state index contributed by atoms with van der Waals surface area (Å²) in [4.78, 5) is 2.73. The Balaban J connectivity index is 1.51. The summed E-state index contributed by atoms with van der Waals surface area (Å²) in [7, 11) is 0. The fraction of sp³-hybridized carbons (Fsp3) is 1.00. The fourth-order valence-electron chi connectivity index (χ4n) is 3.32. The van der Waals surface area contributed by atoms with E-state index < -0.39 is 0 Å². The van der Waals surface area contributed by atoms with Crippen molar-refractivity contribution in [1.82, 2.24) is 10.2 Å². The van der Waals surface area contributed by atoms with Crippen molar-refractivity contribution in [3.63, 3.8) is 0 Å². The number of hydrogen-bond donors (Lipinski definition) is 1. The molecule has 2 heteroatoms. The van der Waals surface area contributed by atoms with Crippen molar-refractivity contribution in [3.8, 4) is 0 Å². The molecule has 0 spiro atoms. The molecule has 2 atom stereocenters. The van der Waals surface area contributed by atoms with Crippen LogP contribution in [0, 0.1) is 17.8 Å². The highest BCUT2D eigenvalue weighted by molar-refractivity contribution is 4.88. The molecule has 0 amide bonds. The Labute approximate surface area is 87.0 Å². The van der Waals surface area contributed by atoms with Gasteiger partial charge in [-0.15, -0.1) is 0 Å². The normalized spacial score (nSPS) is 39.4. The molecule has 2 nitrogen and oxygen atoms in total. The topological polar surface area (TPSA) is 15.3 Å². The molecule has 3 aliphatic rings. The maximum Gasteiger partial charge on any atom is 0.00251 e. The van der Waals surface area contributed by atoms with E-state index in [9.17, 15) is 0 Å². The summed E-state index contributed by atoms with van der Waals surface area (Å²) < 4.78 is 0. The highest BCUT2D eigenvalue weighted by atomic mass is 15.1. The van der Waals surface area contributed by atoms with Crippen LogP contribution in [0.3, 0.4) is 0 Å². The Bertz CT molecular complexity index is 200. The van der Waals surface area contributed by atoms with E-state index in [4.69, 9.17) is 0 Å². The monoisotopic (exact) mass is 194 g/mol. The number of hydrogen-bond acceptors (Lipinski definition) is 2. The molecular weight excluding hydrogens is 172 g/mol. The van der Waals surface area contributed by atoms with Crippen LogP contribution in [-0.4, -0.2) is 37.6 Å². The van der Waals surface area contributed by atoms with Gasteiger partial charge in [-0.3, -0.25) is 0 Å². The van der Waals surface area contributed by atoms with Crippen molar-refractivity contribution in [2.75, 3.05) is 32.7 Å². The van der Waals surface area contributed by atoms with E-state index >= 15 is 0 Å². The zero-order chi connectivity index (χ0) is 9.38. The van der Waals surface area contributed by atoms with Crippen LogP contribution in [0.15, 0.2) is 0 Å². The van der Waals surface area contributed by atoms with Gasteiger partial charge in [0.1, 0.15) is 0 Å². The fourth-order valence-corrected chi connectivity index (χ4v) is 3.32. The smallest absolute Gasteiger partial charge is 0.00251 e. The largest absolute Gasteiger partial charge is 0.316 e. The Morgan fingerprint density at radius 2 is 1.93 bits per heavy atom. The molecule has 3 rings (SSSR count). The molecule has 3 fully saturated rings. The van der Waals surface area contributed by atoms with Gasteiger partial charge in [0.05, 0.1) is 0 Å². The average molecular weight is 194 g/mol. The summed E-state index contributed by atoms with van der Waals surface area (Å²) in [6.07, 6.45) is 5.95. The van der Waals surface area contributed by atoms with E-state index in [2.05, 4.69) is 10.2 Å². The molecule has 0 bridgehead atoms. The third-order valence-corrected chi connectivity index (χ3v) is 4.53. The van der Waals surface area contributed by atoms with Gasteiger partial charge in [-0.25, -0.2) is 0 Å². The summed E-state index contributed by atoms with van der Waals surface area (Å²) in [6.45, 7) is 6.74. The summed E-state index contributed by atoms with van der Waals surface area (Å²) in [5.74, 6) is 3.04. The van der Waals surface area contributed by atoms with Crippen molar-refractivity contribution < 1.29 is 0 Å². The summed E-state index contributed by atoms with van der Waals surface area (Å²) in [6, 6.07) is 0. The molecule has 1 N–H and O–H groups in total. The molecule has 1 saturated carbocycles. The SMILES string of the molecule is C1CC(CN2CCC3CNCC3C2)C1. The van der Waals surface area contributed by atoms with Gasteiger partial charge in [0.15, 0.2) is 0 Å². The minimum Gasteiger partial charge on any atom is -0.316 e. The lowest BCUT2D eigenvalue weighted by Gasteiger charge is -2.38. The van der Waals surface area contributed by atoms with E-state index in [1.165, 1.54) is 58.4 Å². The number of nitrogens with one attached hydrogen (secondary N) is 1. The first-order chi connectivity index (χ1) is 6.92. The van der Waals surface area contributed by atoms with Crippen molar-refractivity contribution in [1.29, 1.82) is 0 Å². The van der Waals surface area contributed by atoms with Crippen LogP contribution in [0.5, 0.6) is 0 Å². The van der Waals surface area contributed by atoms with Crippen molar-refractivity contribution in [3.05, 3.63) is 0 Å². The molecule has 14 heavy (non-hydrogen) atoms. The third-order valence-electron chi connectivity index (χ3n) is 4.53. The molecular formula is C12H22N2. The van der Waals surface area contributed by atoms with Gasteiger partial charge in [-0.1, -0.05) is 6.42 Å². The number of rotatable bonds is 2. The molecule has 1 aliphatic carbocycles.